The fourth-order valence-electron chi connectivity index (χ4n) is 2.19. The largest absolute Gasteiger partial charge is 0.330 e. The number of carbonyl (C=O) groups is 1. The number of hydrogen-bond acceptors (Lipinski definition) is 2. The molecule has 0 aliphatic carbocycles. The van der Waals surface area contributed by atoms with Crippen LogP contribution in [-0.4, -0.2) is 11.0 Å². The van der Waals surface area contributed by atoms with Gasteiger partial charge in [-0.2, -0.15) is 0 Å². The van der Waals surface area contributed by atoms with Gasteiger partial charge in [-0.15, -0.1) is 0 Å². The summed E-state index contributed by atoms with van der Waals surface area (Å²) in [5.41, 5.74) is 1.65. The van der Waals surface area contributed by atoms with Crippen molar-refractivity contribution in [3.8, 4) is 0 Å². The zero-order valence-electron chi connectivity index (χ0n) is 12.2. The number of urea groups is 1. The number of carbonyl (C=O) groups excluding carboxylic acids is 1. The molecule has 1 N–H and O–H groups in total. The molecule has 2 amide bonds. The van der Waals surface area contributed by atoms with E-state index < -0.39 is 11.8 Å². The lowest BCUT2D eigenvalue weighted by molar-refractivity contribution is 0.259. The highest BCUT2D eigenvalue weighted by Gasteiger charge is 2.18. The molecule has 3 aromatic rings. The minimum Gasteiger partial charge on any atom is -0.306 e. The van der Waals surface area contributed by atoms with Crippen LogP contribution < -0.4 is 10.2 Å². The van der Waals surface area contributed by atoms with Crippen LogP contribution in [0.15, 0.2) is 79.1 Å². The molecule has 0 saturated heterocycles. The molecule has 0 aliphatic rings. The van der Waals surface area contributed by atoms with Gasteiger partial charge in [0.2, 0.25) is 0 Å². The number of nitrogens with zero attached hydrogens (tertiary/aromatic N) is 2. The van der Waals surface area contributed by atoms with E-state index in [1.54, 1.807) is 48.8 Å². The van der Waals surface area contributed by atoms with Crippen molar-refractivity contribution in [3.63, 3.8) is 0 Å². The molecule has 0 saturated carbocycles. The van der Waals surface area contributed by atoms with Crippen LogP contribution in [0.3, 0.4) is 0 Å². The summed E-state index contributed by atoms with van der Waals surface area (Å²) < 4.78 is 13.6. The Kier molecular flexibility index (Phi) is 4.29. The second-order valence-electron chi connectivity index (χ2n) is 4.82. The average Bonchev–Trinajstić information content (AvgIpc) is 2.57. The Hall–Kier alpha value is -3.21. The van der Waals surface area contributed by atoms with Gasteiger partial charge in [-0.1, -0.05) is 24.3 Å². The minimum absolute atomic E-state index is 0.394. The molecule has 0 spiro atoms. The van der Waals surface area contributed by atoms with E-state index in [0.717, 1.165) is 0 Å². The van der Waals surface area contributed by atoms with E-state index in [2.05, 4.69) is 10.3 Å². The zero-order valence-corrected chi connectivity index (χ0v) is 12.2. The van der Waals surface area contributed by atoms with Crippen molar-refractivity contribution in [2.75, 3.05) is 10.2 Å². The third kappa shape index (κ3) is 3.52. The molecule has 0 unspecified atom stereocenters. The molecule has 4 nitrogen and oxygen atoms in total. The first kappa shape index (κ1) is 14.7. The highest BCUT2D eigenvalue weighted by Crippen LogP contribution is 2.26. The van der Waals surface area contributed by atoms with Crippen LogP contribution in [0.5, 0.6) is 0 Å². The normalized spacial score (nSPS) is 10.1. The van der Waals surface area contributed by atoms with Crippen LogP contribution in [-0.2, 0) is 0 Å². The molecule has 5 heteroatoms. The Bertz CT molecular complexity index is 794. The second-order valence-corrected chi connectivity index (χ2v) is 4.82. The van der Waals surface area contributed by atoms with Crippen molar-refractivity contribution in [1.82, 2.24) is 4.98 Å². The number of aromatic nitrogens is 1. The topological polar surface area (TPSA) is 45.2 Å². The van der Waals surface area contributed by atoms with Gasteiger partial charge >= 0.3 is 6.03 Å². The first-order valence-corrected chi connectivity index (χ1v) is 7.06. The van der Waals surface area contributed by atoms with Crippen molar-refractivity contribution in [1.29, 1.82) is 0 Å². The first-order chi connectivity index (χ1) is 11.2. The molecule has 3 rings (SSSR count). The maximum Gasteiger partial charge on any atom is 0.330 e. The molecular formula is C18H14FN3O. The first-order valence-electron chi connectivity index (χ1n) is 7.06. The van der Waals surface area contributed by atoms with Gasteiger partial charge in [-0.3, -0.25) is 9.88 Å². The Morgan fingerprint density at radius 1 is 0.957 bits per heavy atom. The summed E-state index contributed by atoms with van der Waals surface area (Å²) in [7, 11) is 0. The summed E-state index contributed by atoms with van der Waals surface area (Å²) in [4.78, 5) is 18.1. The number of hydrogen-bond donors (Lipinski definition) is 1. The SMILES string of the molecule is O=C(Nc1cccnc1)N(c1ccccc1)c1cccc(F)c1. The lowest BCUT2D eigenvalue weighted by Crippen LogP contribution is -2.30. The van der Waals surface area contributed by atoms with Gasteiger partial charge in [0.05, 0.1) is 23.3 Å². The fraction of sp³-hybridized carbons (Fsp3) is 0. The molecule has 114 valence electrons. The van der Waals surface area contributed by atoms with E-state index in [1.807, 2.05) is 18.2 Å². The van der Waals surface area contributed by atoms with Crippen molar-refractivity contribution < 1.29 is 9.18 Å². The molecule has 0 bridgehead atoms. The number of pyridine rings is 1. The number of anilines is 3. The molecule has 0 fully saturated rings. The van der Waals surface area contributed by atoms with Gasteiger partial charge in [-0.25, -0.2) is 9.18 Å². The van der Waals surface area contributed by atoms with Crippen molar-refractivity contribution >= 4 is 23.1 Å². The monoisotopic (exact) mass is 307 g/mol. The number of halogens is 1. The standard InChI is InChI=1S/C18H14FN3O/c19-14-6-4-10-17(12-14)22(16-8-2-1-3-9-16)18(23)21-15-7-5-11-20-13-15/h1-13H,(H,21,23). The molecule has 1 heterocycles. The van der Waals surface area contributed by atoms with Crippen LogP contribution in [0.25, 0.3) is 0 Å². The summed E-state index contributed by atoms with van der Waals surface area (Å²) in [5, 5.41) is 2.76. The average molecular weight is 307 g/mol. The second kappa shape index (κ2) is 6.70. The third-order valence-corrected chi connectivity index (χ3v) is 3.20. The Morgan fingerprint density at radius 2 is 1.74 bits per heavy atom. The van der Waals surface area contributed by atoms with E-state index in [1.165, 1.54) is 17.0 Å². The summed E-state index contributed by atoms with van der Waals surface area (Å²) in [6.07, 6.45) is 3.17. The van der Waals surface area contributed by atoms with Crippen LogP contribution in [0, 0.1) is 5.82 Å². The van der Waals surface area contributed by atoms with Gasteiger partial charge in [0, 0.05) is 6.20 Å². The lowest BCUT2D eigenvalue weighted by Gasteiger charge is -2.23. The quantitative estimate of drug-likeness (QED) is 0.769. The highest BCUT2D eigenvalue weighted by atomic mass is 19.1. The van der Waals surface area contributed by atoms with Crippen molar-refractivity contribution in [3.05, 3.63) is 84.9 Å². The Balaban J connectivity index is 1.97. The summed E-state index contributed by atoms with van der Waals surface area (Å²) in [6, 6.07) is 18.0. The molecule has 23 heavy (non-hydrogen) atoms. The number of nitrogens with one attached hydrogen (secondary N) is 1. The zero-order chi connectivity index (χ0) is 16.1. The highest BCUT2D eigenvalue weighted by molar-refractivity contribution is 6.06. The maximum absolute atomic E-state index is 13.6. The minimum atomic E-state index is -0.405. The number of amides is 2. The summed E-state index contributed by atoms with van der Waals surface area (Å²) >= 11 is 0. The van der Waals surface area contributed by atoms with Gasteiger partial charge in [0.1, 0.15) is 5.82 Å². The van der Waals surface area contributed by atoms with Gasteiger partial charge < -0.3 is 5.32 Å². The molecule has 0 atom stereocenters. The third-order valence-electron chi connectivity index (χ3n) is 3.20. The molecule has 2 aromatic carbocycles. The number of rotatable bonds is 3. The number of para-hydroxylation sites is 1. The maximum atomic E-state index is 13.6. The van der Waals surface area contributed by atoms with E-state index in [9.17, 15) is 9.18 Å². The van der Waals surface area contributed by atoms with Crippen molar-refractivity contribution in [2.45, 2.75) is 0 Å². The van der Waals surface area contributed by atoms with Gasteiger partial charge in [0.25, 0.3) is 0 Å². The molecule has 1 aromatic heterocycles. The Labute approximate surface area is 133 Å². The molecule has 0 radical (unpaired) electrons. The van der Waals surface area contributed by atoms with E-state index in [0.29, 0.717) is 17.1 Å². The lowest BCUT2D eigenvalue weighted by atomic mass is 10.2. The predicted octanol–water partition coefficient (Wildman–Crippen LogP) is 4.59. The van der Waals surface area contributed by atoms with Crippen molar-refractivity contribution in [2.24, 2.45) is 0 Å². The van der Waals surface area contributed by atoms with E-state index in [4.69, 9.17) is 0 Å². The predicted molar refractivity (Wildman–Crippen MR) is 88.2 cm³/mol. The van der Waals surface area contributed by atoms with Crippen LogP contribution >= 0.6 is 0 Å². The van der Waals surface area contributed by atoms with Gasteiger partial charge in [-0.05, 0) is 42.5 Å². The van der Waals surface area contributed by atoms with Gasteiger partial charge in [0.15, 0.2) is 0 Å². The number of benzene rings is 2. The van der Waals surface area contributed by atoms with Crippen LogP contribution in [0.1, 0.15) is 0 Å². The summed E-state index contributed by atoms with van der Waals surface area (Å²) in [5.74, 6) is -0.405. The Morgan fingerprint density at radius 3 is 2.43 bits per heavy atom. The van der Waals surface area contributed by atoms with E-state index in [-0.39, 0.29) is 0 Å². The molecular weight excluding hydrogens is 293 g/mol. The fourth-order valence-corrected chi connectivity index (χ4v) is 2.19. The van der Waals surface area contributed by atoms with Crippen LogP contribution in [0.4, 0.5) is 26.2 Å². The smallest absolute Gasteiger partial charge is 0.306 e. The molecule has 0 aliphatic heterocycles. The summed E-state index contributed by atoms with van der Waals surface area (Å²) in [6.45, 7) is 0. The van der Waals surface area contributed by atoms with E-state index >= 15 is 0 Å². The van der Waals surface area contributed by atoms with Crippen LogP contribution in [0.2, 0.25) is 0 Å².